The topological polar surface area (TPSA) is 24.5 Å². The van der Waals surface area contributed by atoms with Gasteiger partial charge in [0.05, 0.1) is 12.2 Å². The molecule has 0 aromatic heterocycles. The first-order chi connectivity index (χ1) is 7.99. The van der Waals surface area contributed by atoms with E-state index in [-0.39, 0.29) is 0 Å². The van der Waals surface area contributed by atoms with E-state index in [1.54, 1.807) is 0 Å². The van der Waals surface area contributed by atoms with Crippen molar-refractivity contribution in [1.29, 1.82) is 0 Å². The van der Waals surface area contributed by atoms with Gasteiger partial charge in [0.2, 0.25) is 0 Å². The molecular weight excluding hydrogens is 212 g/mol. The van der Waals surface area contributed by atoms with E-state index in [2.05, 4.69) is 44.8 Å². The molecule has 3 nitrogen and oxygen atoms in total. The summed E-state index contributed by atoms with van der Waals surface area (Å²) in [5.74, 6) is 0.793. The molecular formula is C14H30N2O. The molecule has 1 rings (SSSR count). The van der Waals surface area contributed by atoms with Crippen molar-refractivity contribution in [3.63, 3.8) is 0 Å². The molecule has 1 N–H and O–H groups in total. The van der Waals surface area contributed by atoms with E-state index in [4.69, 9.17) is 4.74 Å². The van der Waals surface area contributed by atoms with Crippen LogP contribution in [-0.2, 0) is 4.74 Å². The molecule has 1 aliphatic rings. The summed E-state index contributed by atoms with van der Waals surface area (Å²) in [5, 5.41) is 3.56. The van der Waals surface area contributed by atoms with Crippen molar-refractivity contribution in [1.82, 2.24) is 10.2 Å². The lowest BCUT2D eigenvalue weighted by Gasteiger charge is -2.39. The third-order valence-electron chi connectivity index (χ3n) is 3.41. The summed E-state index contributed by atoms with van der Waals surface area (Å²) in [6.45, 7) is 15.6. The first kappa shape index (κ1) is 14.9. The molecule has 1 heterocycles. The molecule has 102 valence electrons. The minimum atomic E-state index is 0.372. The highest BCUT2D eigenvalue weighted by atomic mass is 16.5. The smallest absolute Gasteiger partial charge is 0.0678 e. The minimum Gasteiger partial charge on any atom is -0.373 e. The summed E-state index contributed by atoms with van der Waals surface area (Å²) in [7, 11) is 0. The zero-order valence-electron chi connectivity index (χ0n) is 12.2. The molecule has 17 heavy (non-hydrogen) atoms. The van der Waals surface area contributed by atoms with Crippen LogP contribution in [0.4, 0.5) is 0 Å². The maximum atomic E-state index is 5.76. The number of hydrogen-bond acceptors (Lipinski definition) is 3. The van der Waals surface area contributed by atoms with Crippen LogP contribution >= 0.6 is 0 Å². The fourth-order valence-corrected chi connectivity index (χ4v) is 2.41. The summed E-state index contributed by atoms with van der Waals surface area (Å²) >= 11 is 0. The Hall–Kier alpha value is -0.120. The standard InChI is InChI=1S/C14H30N2O/c1-11(2)6-7-15-8-12(3)16-9-13(4)17-14(5)10-16/h11-15H,6-10H2,1-5H3/t12?,13-,14+. The van der Waals surface area contributed by atoms with Gasteiger partial charge in [-0.1, -0.05) is 13.8 Å². The van der Waals surface area contributed by atoms with E-state index in [1.807, 2.05) is 0 Å². The summed E-state index contributed by atoms with van der Waals surface area (Å²) < 4.78 is 5.76. The third-order valence-corrected chi connectivity index (χ3v) is 3.41. The fraction of sp³-hybridized carbons (Fsp3) is 1.00. The lowest BCUT2D eigenvalue weighted by atomic mass is 10.1. The van der Waals surface area contributed by atoms with Gasteiger partial charge < -0.3 is 10.1 Å². The van der Waals surface area contributed by atoms with Crippen LogP contribution in [0.25, 0.3) is 0 Å². The van der Waals surface area contributed by atoms with Gasteiger partial charge in [0.15, 0.2) is 0 Å². The highest BCUT2D eigenvalue weighted by molar-refractivity contribution is 4.78. The molecule has 1 aliphatic heterocycles. The van der Waals surface area contributed by atoms with Crippen LogP contribution < -0.4 is 5.32 Å². The molecule has 0 bridgehead atoms. The zero-order valence-corrected chi connectivity index (χ0v) is 12.2. The molecule has 1 saturated heterocycles. The lowest BCUT2D eigenvalue weighted by Crippen LogP contribution is -2.51. The van der Waals surface area contributed by atoms with Crippen molar-refractivity contribution in [2.45, 2.75) is 59.3 Å². The predicted octanol–water partition coefficient (Wildman–Crippen LogP) is 2.12. The number of rotatable bonds is 6. The maximum absolute atomic E-state index is 5.76. The Bertz CT molecular complexity index is 198. The minimum absolute atomic E-state index is 0.372. The van der Waals surface area contributed by atoms with Crippen LogP contribution in [0, 0.1) is 5.92 Å². The van der Waals surface area contributed by atoms with Crippen LogP contribution in [0.2, 0.25) is 0 Å². The summed E-state index contributed by atoms with van der Waals surface area (Å²) in [5.41, 5.74) is 0. The van der Waals surface area contributed by atoms with Gasteiger partial charge in [-0.15, -0.1) is 0 Å². The predicted molar refractivity (Wildman–Crippen MR) is 73.4 cm³/mol. The lowest BCUT2D eigenvalue weighted by molar-refractivity contribution is -0.0780. The molecule has 0 saturated carbocycles. The van der Waals surface area contributed by atoms with Crippen molar-refractivity contribution < 1.29 is 4.74 Å². The van der Waals surface area contributed by atoms with Gasteiger partial charge in [-0.2, -0.15) is 0 Å². The molecule has 1 fully saturated rings. The number of nitrogens with zero attached hydrogens (tertiary/aromatic N) is 1. The molecule has 3 heteroatoms. The SMILES string of the molecule is CC(C)CCNCC(C)N1C[C@@H](C)O[C@@H](C)C1. The van der Waals surface area contributed by atoms with Crippen molar-refractivity contribution in [2.24, 2.45) is 5.92 Å². The molecule has 3 atom stereocenters. The van der Waals surface area contributed by atoms with Gasteiger partial charge in [0, 0.05) is 25.7 Å². The van der Waals surface area contributed by atoms with E-state index in [9.17, 15) is 0 Å². The Morgan fingerprint density at radius 2 is 1.76 bits per heavy atom. The van der Waals surface area contributed by atoms with Crippen LogP contribution in [0.5, 0.6) is 0 Å². The Labute approximate surface area is 107 Å². The molecule has 0 radical (unpaired) electrons. The first-order valence-electron chi connectivity index (χ1n) is 7.09. The summed E-state index contributed by atoms with van der Waals surface area (Å²) in [4.78, 5) is 2.54. The Kier molecular flexibility index (Phi) is 6.45. The first-order valence-corrected chi connectivity index (χ1v) is 7.09. The highest BCUT2D eigenvalue weighted by Crippen LogP contribution is 2.13. The van der Waals surface area contributed by atoms with E-state index in [0.717, 1.165) is 32.1 Å². The Balaban J connectivity index is 2.20. The van der Waals surface area contributed by atoms with Crippen molar-refractivity contribution >= 4 is 0 Å². The molecule has 0 spiro atoms. The van der Waals surface area contributed by atoms with Crippen LogP contribution in [0.3, 0.4) is 0 Å². The van der Waals surface area contributed by atoms with Crippen molar-refractivity contribution in [3.05, 3.63) is 0 Å². The quantitative estimate of drug-likeness (QED) is 0.722. The van der Waals surface area contributed by atoms with E-state index >= 15 is 0 Å². The van der Waals surface area contributed by atoms with E-state index < -0.39 is 0 Å². The summed E-state index contributed by atoms with van der Waals surface area (Å²) in [6.07, 6.45) is 2.01. The second-order valence-corrected chi connectivity index (χ2v) is 5.95. The Morgan fingerprint density at radius 3 is 2.29 bits per heavy atom. The Morgan fingerprint density at radius 1 is 1.18 bits per heavy atom. The van der Waals surface area contributed by atoms with Gasteiger partial charge in [0.25, 0.3) is 0 Å². The van der Waals surface area contributed by atoms with E-state index in [0.29, 0.717) is 18.2 Å². The van der Waals surface area contributed by atoms with Gasteiger partial charge in [-0.3, -0.25) is 4.90 Å². The monoisotopic (exact) mass is 242 g/mol. The molecule has 0 aromatic carbocycles. The average molecular weight is 242 g/mol. The van der Waals surface area contributed by atoms with Crippen molar-refractivity contribution in [3.8, 4) is 0 Å². The van der Waals surface area contributed by atoms with Gasteiger partial charge >= 0.3 is 0 Å². The molecule has 0 aromatic rings. The maximum Gasteiger partial charge on any atom is 0.0678 e. The molecule has 1 unspecified atom stereocenters. The summed E-state index contributed by atoms with van der Waals surface area (Å²) in [6, 6.07) is 0.607. The zero-order chi connectivity index (χ0) is 12.8. The number of morpholine rings is 1. The van der Waals surface area contributed by atoms with Gasteiger partial charge in [-0.25, -0.2) is 0 Å². The van der Waals surface area contributed by atoms with Crippen molar-refractivity contribution in [2.75, 3.05) is 26.2 Å². The van der Waals surface area contributed by atoms with Gasteiger partial charge in [0.1, 0.15) is 0 Å². The van der Waals surface area contributed by atoms with Crippen LogP contribution in [0.1, 0.15) is 41.0 Å². The largest absolute Gasteiger partial charge is 0.373 e. The fourth-order valence-electron chi connectivity index (χ4n) is 2.41. The number of ether oxygens (including phenoxy) is 1. The molecule has 0 aliphatic carbocycles. The van der Waals surface area contributed by atoms with Crippen LogP contribution in [-0.4, -0.2) is 49.3 Å². The average Bonchev–Trinajstić information content (AvgIpc) is 2.22. The third kappa shape index (κ3) is 5.84. The second-order valence-electron chi connectivity index (χ2n) is 5.95. The van der Waals surface area contributed by atoms with Crippen LogP contribution in [0.15, 0.2) is 0 Å². The van der Waals surface area contributed by atoms with Gasteiger partial charge in [-0.05, 0) is 39.7 Å². The second kappa shape index (κ2) is 7.34. The number of nitrogens with one attached hydrogen (secondary N) is 1. The van der Waals surface area contributed by atoms with E-state index in [1.165, 1.54) is 6.42 Å². The number of hydrogen-bond donors (Lipinski definition) is 1. The molecule has 0 amide bonds. The highest BCUT2D eigenvalue weighted by Gasteiger charge is 2.25. The normalized spacial score (nSPS) is 28.6.